The second kappa shape index (κ2) is 38.0. The summed E-state index contributed by atoms with van der Waals surface area (Å²) in [6, 6.07) is 51.6. The Hall–Kier alpha value is -8.70. The van der Waals surface area contributed by atoms with E-state index in [0.717, 1.165) is 84.9 Å². The fraction of sp³-hybridized carbons (Fsp3) is 0.268. The Labute approximate surface area is 709 Å². The Bertz CT molecular complexity index is 6620. The van der Waals surface area contributed by atoms with Gasteiger partial charge in [-0.3, -0.25) is 45.5 Å². The normalized spacial score (nSPS) is 15.5. The van der Waals surface area contributed by atoms with Gasteiger partial charge in [0.25, 0.3) is 101 Å². The van der Waals surface area contributed by atoms with E-state index < -0.39 is 209 Å². The van der Waals surface area contributed by atoms with Crippen LogP contribution in [-0.4, -0.2) is 130 Å². The van der Waals surface area contributed by atoms with E-state index in [1.54, 1.807) is 6.92 Å². The lowest BCUT2D eigenvalue weighted by atomic mass is 9.70. The van der Waals surface area contributed by atoms with Gasteiger partial charge in [0.05, 0.1) is 49.0 Å². The van der Waals surface area contributed by atoms with Crippen molar-refractivity contribution in [3.8, 4) is 0 Å². The van der Waals surface area contributed by atoms with Gasteiger partial charge >= 0.3 is 0 Å². The molecule has 0 fully saturated rings. The molecule has 0 radical (unpaired) electrons. The van der Waals surface area contributed by atoms with Crippen molar-refractivity contribution in [2.24, 2.45) is 0 Å². The molecule has 0 amide bonds. The standard InChI is InChI=1S/C82H86O30S10/c1-3-54(56-6-26-74(27-7-56)114(86,87)88)45-66(58-10-30-76(31-11-58)116(92,93)94)47-68(60-14-34-78(35-15-60)118(98,99)100)49-70(62-18-38-80(39-19-62)120(104,105)106)51-72(64-22-42-82(43-23-64)122(110,111)112)52-71(63-20-40-81(41-21-63)121(107,108)109)50-69(61-16-36-79(37-17-61)119(101,102)103)48-67(59-12-32-77(33-13-59)117(95,96)97)46-65(57-8-28-75(29-9-57)115(89,90)91)44-53(2)55-4-24-73(25-5-55)113(83,84)85/h4-43,53-54,65-72H,3,44-52H2,1-2H3,(H,83,84,85)(H,86,87,88)(H,89,90,91)(H,92,93,94)(H,95,96,97)(H,98,99,100)(H,101,102,103)(H,104,105,106)(H,107,108,109)(H,110,111,112). The molecule has 10 aromatic rings. The van der Waals surface area contributed by atoms with E-state index >= 15 is 0 Å². The Kier molecular flexibility index (Phi) is 29.8. The van der Waals surface area contributed by atoms with E-state index in [0.29, 0.717) is 62.1 Å². The van der Waals surface area contributed by atoms with Crippen LogP contribution >= 0.6 is 0 Å². The largest absolute Gasteiger partial charge is 0.294 e. The predicted octanol–water partition coefficient (Wildman–Crippen LogP) is 15.2. The highest BCUT2D eigenvalue weighted by Gasteiger charge is 2.35. The summed E-state index contributed by atoms with van der Waals surface area (Å²) in [5.74, 6) is -7.82. The van der Waals surface area contributed by atoms with Gasteiger partial charge in [0, 0.05) is 0 Å². The Morgan fingerprint density at radius 2 is 0.262 bits per heavy atom. The lowest BCUT2D eigenvalue weighted by molar-refractivity contribution is 0.368. The third-order valence-corrected chi connectivity index (χ3v) is 31.0. The van der Waals surface area contributed by atoms with Crippen LogP contribution in [-0.2, 0) is 101 Å². The SMILES string of the molecule is CCC(CC(CC(CC(CC(CC(CC(CC(CC(CC(C)c1ccc(S(=O)(=O)O)cc1)c1ccc(S(=O)(=O)O)cc1)c1ccc(S(=O)(=O)O)cc1)c1ccc(S(=O)(=O)O)cc1)c1ccc(S(=O)(=O)O)cc1)c1ccc(S(=O)(=O)O)cc1)c1ccc(S(=O)(=O)O)cc1)c1ccc(S(=O)(=O)O)cc1)c1ccc(S(=O)(=O)O)cc1)c1ccc(S(=O)(=O)O)cc1. The first-order valence-corrected chi connectivity index (χ1v) is 51.7. The molecular weight excluding hydrogens is 1790 g/mol. The van der Waals surface area contributed by atoms with Crippen LogP contribution in [0.1, 0.15) is 193 Å². The molecule has 0 heterocycles. The minimum absolute atomic E-state index is 0.0255. The molecule has 30 nitrogen and oxygen atoms in total. The average Bonchev–Trinajstić information content (AvgIpc) is 0.798. The Balaban J connectivity index is 1.19. The molecule has 10 unspecified atom stereocenters. The number of hydrogen-bond acceptors (Lipinski definition) is 20. The Morgan fingerprint density at radius 1 is 0.164 bits per heavy atom. The molecule has 654 valence electrons. The maximum absolute atomic E-state index is 12.9. The van der Waals surface area contributed by atoms with Crippen molar-refractivity contribution in [3.05, 3.63) is 298 Å². The quantitative estimate of drug-likeness (QED) is 0.0160. The van der Waals surface area contributed by atoms with Crippen LogP contribution in [0, 0.1) is 0 Å². The van der Waals surface area contributed by atoms with Crippen molar-refractivity contribution in [2.75, 3.05) is 0 Å². The molecule has 0 bridgehead atoms. The smallest absolute Gasteiger partial charge is 0.282 e. The van der Waals surface area contributed by atoms with E-state index in [1.807, 2.05) is 6.92 Å². The van der Waals surface area contributed by atoms with Crippen LogP contribution in [0.25, 0.3) is 0 Å². The zero-order valence-electron chi connectivity index (χ0n) is 64.7. The van der Waals surface area contributed by atoms with Gasteiger partial charge < -0.3 is 0 Å². The summed E-state index contributed by atoms with van der Waals surface area (Å²) in [6.45, 7) is 3.63. The highest BCUT2D eigenvalue weighted by Crippen LogP contribution is 2.51. The molecule has 0 saturated heterocycles. The molecule has 0 aromatic heterocycles. The summed E-state index contributed by atoms with van der Waals surface area (Å²) in [7, 11) is -48.4. The van der Waals surface area contributed by atoms with Crippen LogP contribution in [0.2, 0.25) is 0 Å². The van der Waals surface area contributed by atoms with E-state index in [-0.39, 0.29) is 57.8 Å². The summed E-state index contributed by atoms with van der Waals surface area (Å²) in [4.78, 5) is -5.12. The van der Waals surface area contributed by atoms with Gasteiger partial charge in [-0.1, -0.05) is 135 Å². The second-order valence-corrected chi connectivity index (χ2v) is 44.4. The zero-order chi connectivity index (χ0) is 89.7. The fourth-order valence-electron chi connectivity index (χ4n) is 16.0. The zero-order valence-corrected chi connectivity index (χ0v) is 72.8. The minimum Gasteiger partial charge on any atom is -0.282 e. The third-order valence-electron chi connectivity index (χ3n) is 22.3. The molecular formula is C82H86O30S10. The van der Waals surface area contributed by atoms with Crippen LogP contribution in [0.15, 0.2) is 292 Å². The van der Waals surface area contributed by atoms with Gasteiger partial charge in [0.2, 0.25) is 0 Å². The van der Waals surface area contributed by atoms with Gasteiger partial charge in [-0.15, -0.1) is 0 Å². The van der Waals surface area contributed by atoms with Crippen molar-refractivity contribution < 1.29 is 130 Å². The maximum atomic E-state index is 12.9. The number of hydrogen-bond donors (Lipinski definition) is 10. The van der Waals surface area contributed by atoms with Crippen molar-refractivity contribution in [1.29, 1.82) is 0 Å². The summed E-state index contributed by atoms with van der Waals surface area (Å²) < 4.78 is 356. The fourth-order valence-corrected chi connectivity index (χ4v) is 20.8. The van der Waals surface area contributed by atoms with E-state index in [4.69, 9.17) is 0 Å². The van der Waals surface area contributed by atoms with Crippen LogP contribution < -0.4 is 0 Å². The van der Waals surface area contributed by atoms with Crippen molar-refractivity contribution in [1.82, 2.24) is 0 Å². The molecule has 10 rings (SSSR count). The first kappa shape index (κ1) is 95.5. The van der Waals surface area contributed by atoms with E-state index in [2.05, 4.69) is 0 Å². The van der Waals surface area contributed by atoms with Crippen molar-refractivity contribution in [2.45, 2.75) is 186 Å². The van der Waals surface area contributed by atoms with Gasteiger partial charge in [0.1, 0.15) is 0 Å². The highest BCUT2D eigenvalue weighted by molar-refractivity contribution is 7.88. The second-order valence-electron chi connectivity index (χ2n) is 30.1. The molecule has 10 N–H and O–H groups in total. The summed E-state index contributed by atoms with van der Waals surface area (Å²) >= 11 is 0. The molecule has 0 aliphatic carbocycles. The number of benzene rings is 10. The first-order chi connectivity index (χ1) is 56.6. The van der Waals surface area contributed by atoms with Crippen LogP contribution in [0.5, 0.6) is 0 Å². The van der Waals surface area contributed by atoms with Gasteiger partial charge in [0.15, 0.2) is 0 Å². The van der Waals surface area contributed by atoms with Crippen molar-refractivity contribution in [3.63, 3.8) is 0 Å². The summed E-state index contributed by atoms with van der Waals surface area (Å²) in [5, 5.41) is 0. The molecule has 0 aliphatic heterocycles. The van der Waals surface area contributed by atoms with E-state index in [9.17, 15) is 130 Å². The molecule has 0 spiro atoms. The Morgan fingerprint density at radius 3 is 0.377 bits per heavy atom. The van der Waals surface area contributed by atoms with Crippen LogP contribution in [0.4, 0.5) is 0 Å². The molecule has 0 saturated carbocycles. The molecule has 10 atom stereocenters. The topological polar surface area (TPSA) is 544 Å². The maximum Gasteiger partial charge on any atom is 0.294 e. The lowest BCUT2D eigenvalue weighted by Crippen LogP contribution is -2.18. The average molecular weight is 1870 g/mol. The van der Waals surface area contributed by atoms with Gasteiger partial charge in [-0.05, 0) is 300 Å². The minimum atomic E-state index is -4.94. The summed E-state index contributed by atoms with van der Waals surface area (Å²) in [5.41, 5.74) is 4.27. The van der Waals surface area contributed by atoms with Crippen molar-refractivity contribution >= 4 is 101 Å². The highest BCUT2D eigenvalue weighted by atomic mass is 32.3. The third kappa shape index (κ3) is 25.8. The predicted molar refractivity (Wildman–Crippen MR) is 447 cm³/mol. The van der Waals surface area contributed by atoms with Gasteiger partial charge in [-0.25, -0.2) is 0 Å². The first-order valence-electron chi connectivity index (χ1n) is 37.3. The number of rotatable bonds is 39. The van der Waals surface area contributed by atoms with Crippen LogP contribution in [0.3, 0.4) is 0 Å². The van der Waals surface area contributed by atoms with E-state index in [1.165, 1.54) is 158 Å². The lowest BCUT2D eigenvalue weighted by Gasteiger charge is -2.34. The van der Waals surface area contributed by atoms with Gasteiger partial charge in [-0.2, -0.15) is 84.2 Å². The monoisotopic (exact) mass is 1870 g/mol. The molecule has 122 heavy (non-hydrogen) atoms. The molecule has 10 aromatic carbocycles. The summed E-state index contributed by atoms with van der Waals surface area (Å²) in [6.07, 6.45) is 0.315. The molecule has 0 aliphatic rings. The molecule has 40 heteroatoms.